The van der Waals surface area contributed by atoms with Crippen LogP contribution in [0.25, 0.3) is 0 Å². The molecule has 0 aliphatic carbocycles. The van der Waals surface area contributed by atoms with E-state index < -0.39 is 5.97 Å². The number of carboxylic acid groups (broad SMARTS) is 1. The number of hydrogen-bond acceptors (Lipinski definition) is 2. The summed E-state index contributed by atoms with van der Waals surface area (Å²) in [6.45, 7) is 7.09. The molecule has 1 unspecified atom stereocenters. The molecule has 0 aliphatic heterocycles. The first-order chi connectivity index (χ1) is 4.91. The van der Waals surface area contributed by atoms with Crippen LogP contribution in [0.15, 0.2) is 0 Å². The van der Waals surface area contributed by atoms with Crippen LogP contribution in [0.5, 0.6) is 0 Å². The molecule has 0 saturated heterocycles. The molecule has 11 heavy (non-hydrogen) atoms. The van der Waals surface area contributed by atoms with Gasteiger partial charge in [0.05, 0.1) is 0 Å². The predicted octanol–water partition coefficient (Wildman–Crippen LogP) is 1.57. The molecule has 1 atom stereocenters. The van der Waals surface area contributed by atoms with E-state index in [9.17, 15) is 4.79 Å². The zero-order valence-corrected chi connectivity index (χ0v) is 7.50. The normalized spacial score (nSPS) is 11.4. The maximum absolute atomic E-state index is 9.95. The van der Waals surface area contributed by atoms with Crippen molar-refractivity contribution in [1.29, 1.82) is 0 Å². The van der Waals surface area contributed by atoms with Gasteiger partial charge in [0.15, 0.2) is 0 Å². The minimum absolute atomic E-state index is 0.222. The van der Waals surface area contributed by atoms with E-state index in [2.05, 4.69) is 0 Å². The van der Waals surface area contributed by atoms with Crippen molar-refractivity contribution < 1.29 is 14.7 Å². The maximum Gasteiger partial charge on any atom is 0.300 e. The van der Waals surface area contributed by atoms with Gasteiger partial charge in [0.25, 0.3) is 5.97 Å². The largest absolute Gasteiger partial charge is 0.481 e. The Bertz CT molecular complexity index is 115. The average Bonchev–Trinajstić information content (AvgIpc) is 1.85. The Hall–Kier alpha value is -0.860. The van der Waals surface area contributed by atoms with E-state index in [1.807, 2.05) is 20.8 Å². The monoisotopic (exact) mass is 160 g/mol. The summed E-state index contributed by atoms with van der Waals surface area (Å²) in [6, 6.07) is 0. The third kappa shape index (κ3) is 17.6. The molecule has 0 saturated carbocycles. The van der Waals surface area contributed by atoms with Crippen LogP contribution in [-0.4, -0.2) is 17.4 Å². The molecule has 0 aliphatic rings. The lowest BCUT2D eigenvalue weighted by Gasteiger charge is -2.04. The Labute approximate surface area is 67.4 Å². The Morgan fingerprint density at radius 3 is 1.64 bits per heavy atom. The molecule has 0 rings (SSSR count). The molecule has 66 valence electrons. The topological polar surface area (TPSA) is 54.4 Å². The lowest BCUT2D eigenvalue weighted by Crippen LogP contribution is -2.03. The molecular formula is C8H16O3. The summed E-state index contributed by atoms with van der Waals surface area (Å²) in [6.07, 6.45) is 0.991. The van der Waals surface area contributed by atoms with Gasteiger partial charge in [-0.25, -0.2) is 0 Å². The second kappa shape index (κ2) is 7.25. The number of carboxylic acids is 1. The van der Waals surface area contributed by atoms with Crippen LogP contribution in [0, 0.1) is 11.8 Å². The zero-order chi connectivity index (χ0) is 9.44. The Morgan fingerprint density at radius 2 is 1.64 bits per heavy atom. The minimum atomic E-state index is -0.833. The van der Waals surface area contributed by atoms with Crippen LogP contribution < -0.4 is 0 Å². The maximum atomic E-state index is 9.95. The number of carbonyl (C=O) groups is 2. The zero-order valence-electron chi connectivity index (χ0n) is 7.50. The van der Waals surface area contributed by atoms with Crippen LogP contribution >= 0.6 is 0 Å². The van der Waals surface area contributed by atoms with Gasteiger partial charge in [-0.3, -0.25) is 4.79 Å². The number of aldehydes is 1. The van der Waals surface area contributed by atoms with Crippen LogP contribution in [0.2, 0.25) is 0 Å². The minimum Gasteiger partial charge on any atom is -0.481 e. The molecule has 0 amide bonds. The van der Waals surface area contributed by atoms with Crippen LogP contribution in [0.3, 0.4) is 0 Å². The van der Waals surface area contributed by atoms with Gasteiger partial charge in [-0.15, -0.1) is 0 Å². The van der Waals surface area contributed by atoms with Crippen LogP contribution in [0.1, 0.15) is 27.7 Å². The van der Waals surface area contributed by atoms with Gasteiger partial charge >= 0.3 is 0 Å². The first kappa shape index (κ1) is 12.8. The summed E-state index contributed by atoms with van der Waals surface area (Å²) in [5, 5.41) is 7.42. The molecule has 0 spiro atoms. The fourth-order valence-electron chi connectivity index (χ4n) is 0.157. The molecule has 0 radical (unpaired) electrons. The van der Waals surface area contributed by atoms with Crippen molar-refractivity contribution in [2.45, 2.75) is 27.7 Å². The third-order valence-corrected chi connectivity index (χ3v) is 1.27. The van der Waals surface area contributed by atoms with Gasteiger partial charge in [0.1, 0.15) is 6.29 Å². The summed E-state index contributed by atoms with van der Waals surface area (Å²) in [7, 11) is 0. The molecule has 3 nitrogen and oxygen atoms in total. The second-order valence-corrected chi connectivity index (χ2v) is 2.76. The first-order valence-corrected chi connectivity index (χ1v) is 3.56. The van der Waals surface area contributed by atoms with E-state index in [0.29, 0.717) is 5.92 Å². The third-order valence-electron chi connectivity index (χ3n) is 1.27. The van der Waals surface area contributed by atoms with Crippen molar-refractivity contribution in [3.05, 3.63) is 0 Å². The summed E-state index contributed by atoms with van der Waals surface area (Å²) in [5.74, 6) is -0.113. The SMILES string of the molecule is CC(=O)O.CC(C)C(C)C=O. The number of aliphatic carboxylic acids is 1. The van der Waals surface area contributed by atoms with Gasteiger partial charge in [-0.05, 0) is 5.92 Å². The number of carbonyl (C=O) groups excluding carboxylic acids is 1. The molecule has 0 fully saturated rings. The molecule has 0 aromatic rings. The molecule has 3 heteroatoms. The molecule has 0 heterocycles. The summed E-state index contributed by atoms with van der Waals surface area (Å²) in [4.78, 5) is 18.9. The summed E-state index contributed by atoms with van der Waals surface area (Å²) >= 11 is 0. The first-order valence-electron chi connectivity index (χ1n) is 3.56. The van der Waals surface area contributed by atoms with E-state index in [1.54, 1.807) is 0 Å². The lowest BCUT2D eigenvalue weighted by molar-refractivity contribution is -0.134. The van der Waals surface area contributed by atoms with Crippen LogP contribution in [-0.2, 0) is 9.59 Å². The number of hydrogen-bond donors (Lipinski definition) is 1. The lowest BCUT2D eigenvalue weighted by atomic mass is 10.0. The van der Waals surface area contributed by atoms with Gasteiger partial charge in [-0.1, -0.05) is 20.8 Å². The quantitative estimate of drug-likeness (QED) is 0.624. The predicted molar refractivity (Wildman–Crippen MR) is 43.4 cm³/mol. The van der Waals surface area contributed by atoms with Crippen LogP contribution in [0.4, 0.5) is 0 Å². The molecule has 1 N–H and O–H groups in total. The molecule has 0 aromatic carbocycles. The second-order valence-electron chi connectivity index (χ2n) is 2.76. The van der Waals surface area contributed by atoms with Crippen molar-refractivity contribution in [3.8, 4) is 0 Å². The van der Waals surface area contributed by atoms with E-state index >= 15 is 0 Å². The molecular weight excluding hydrogens is 144 g/mol. The summed E-state index contributed by atoms with van der Waals surface area (Å²) in [5.41, 5.74) is 0. The van der Waals surface area contributed by atoms with Gasteiger partial charge < -0.3 is 9.90 Å². The van der Waals surface area contributed by atoms with Crippen molar-refractivity contribution in [2.24, 2.45) is 11.8 Å². The highest BCUT2D eigenvalue weighted by atomic mass is 16.4. The molecule has 0 aromatic heterocycles. The van der Waals surface area contributed by atoms with Crippen molar-refractivity contribution in [1.82, 2.24) is 0 Å². The standard InChI is InChI=1S/C6H12O.C2H4O2/c1-5(2)6(3)4-7;1-2(3)4/h4-6H,1-3H3;1H3,(H,3,4). The fraction of sp³-hybridized carbons (Fsp3) is 0.750. The average molecular weight is 160 g/mol. The Kier molecular flexibility index (Phi) is 8.43. The highest BCUT2D eigenvalue weighted by Crippen LogP contribution is 2.04. The summed E-state index contributed by atoms with van der Waals surface area (Å²) < 4.78 is 0. The van der Waals surface area contributed by atoms with E-state index in [-0.39, 0.29) is 5.92 Å². The fourth-order valence-corrected chi connectivity index (χ4v) is 0.157. The smallest absolute Gasteiger partial charge is 0.300 e. The number of rotatable bonds is 2. The van der Waals surface area contributed by atoms with Gasteiger partial charge in [0.2, 0.25) is 0 Å². The van der Waals surface area contributed by atoms with Crippen molar-refractivity contribution >= 4 is 12.3 Å². The van der Waals surface area contributed by atoms with Gasteiger partial charge in [-0.2, -0.15) is 0 Å². The van der Waals surface area contributed by atoms with E-state index in [1.165, 1.54) is 0 Å². The Balaban J connectivity index is 0. The molecule has 0 bridgehead atoms. The van der Waals surface area contributed by atoms with Gasteiger partial charge in [0, 0.05) is 12.8 Å². The highest BCUT2D eigenvalue weighted by Gasteiger charge is 2.02. The van der Waals surface area contributed by atoms with Crippen molar-refractivity contribution in [3.63, 3.8) is 0 Å². The highest BCUT2D eigenvalue weighted by molar-refractivity contribution is 5.62. The van der Waals surface area contributed by atoms with E-state index in [0.717, 1.165) is 13.2 Å². The Morgan fingerprint density at radius 1 is 1.36 bits per heavy atom. The van der Waals surface area contributed by atoms with Crippen molar-refractivity contribution in [2.75, 3.05) is 0 Å². The van der Waals surface area contributed by atoms with E-state index in [4.69, 9.17) is 9.90 Å².